The van der Waals surface area contributed by atoms with Gasteiger partial charge >= 0.3 is 0 Å². The van der Waals surface area contributed by atoms with Crippen molar-refractivity contribution < 1.29 is 18.9 Å². The Kier molecular flexibility index (Phi) is 9.56. The Labute approximate surface area is 178 Å². The zero-order valence-corrected chi connectivity index (χ0v) is 19.9. The van der Waals surface area contributed by atoms with Gasteiger partial charge in [0, 0.05) is 24.1 Å². The van der Waals surface area contributed by atoms with Gasteiger partial charge in [-0.25, -0.2) is 5.09 Å². The number of unbranched alkanes of at least 4 members (excludes halogenated alkanes) is 1. The van der Waals surface area contributed by atoms with Crippen LogP contribution in [0.25, 0.3) is 0 Å². The van der Waals surface area contributed by atoms with Crippen LogP contribution < -0.4 is 10.8 Å². The second-order valence-corrected chi connectivity index (χ2v) is 11.7. The number of nitrogens with two attached hydrogens (primary N) is 1. The molecule has 0 aliphatic carbocycles. The zero-order valence-electron chi connectivity index (χ0n) is 18.2. The summed E-state index contributed by atoms with van der Waals surface area (Å²) in [5.41, 5.74) is 5.57. The summed E-state index contributed by atoms with van der Waals surface area (Å²) in [5, 5.41) is 3.28. The van der Waals surface area contributed by atoms with Gasteiger partial charge < -0.3 is 24.6 Å². The van der Waals surface area contributed by atoms with Crippen molar-refractivity contribution in [2.45, 2.75) is 107 Å². The van der Waals surface area contributed by atoms with Crippen LogP contribution >= 0.6 is 6.64 Å². The van der Waals surface area contributed by atoms with E-state index in [2.05, 4.69) is 19.9 Å². The average Bonchev–Trinajstić information content (AvgIpc) is 3.14. The molecule has 160 valence electrons. The Hall–Kier alpha value is 0.605. The fraction of sp³-hybridized carbons (Fsp3) is 1.00. The molecule has 0 aromatic heterocycles. The molecule has 0 aromatic rings. The fourth-order valence-electron chi connectivity index (χ4n) is 4.50. The molecule has 2 saturated heterocycles. The molecule has 2 fully saturated rings. The zero-order chi connectivity index (χ0) is 20.9. The van der Waals surface area contributed by atoms with Gasteiger partial charge in [-0.05, 0) is 44.4 Å². The third kappa shape index (κ3) is 6.55. The summed E-state index contributed by atoms with van der Waals surface area (Å²) in [5.74, 6) is 0. The van der Waals surface area contributed by atoms with Crippen LogP contribution in [0.5, 0.6) is 0 Å². The number of hydrogen-bond donors (Lipinski definition) is 3. The van der Waals surface area contributed by atoms with Crippen molar-refractivity contribution in [3.8, 4) is 0 Å². The third-order valence-electron chi connectivity index (χ3n) is 6.12. The Morgan fingerprint density at radius 2 is 2.11 bits per heavy atom. The summed E-state index contributed by atoms with van der Waals surface area (Å²) in [6, 6.07) is 0.230. The molecule has 0 amide bonds. The van der Waals surface area contributed by atoms with E-state index in [9.17, 15) is 4.89 Å². The Morgan fingerprint density at radius 3 is 2.64 bits per heavy atom. The van der Waals surface area contributed by atoms with E-state index in [0.717, 1.165) is 45.6 Å². The molecule has 2 aliphatic rings. The Morgan fingerprint density at radius 1 is 1.39 bits per heavy atom. The molecule has 4 unspecified atom stereocenters. The van der Waals surface area contributed by atoms with Gasteiger partial charge in [-0.3, -0.25) is 0 Å². The monoisotopic (exact) mass is 430 g/mol. The summed E-state index contributed by atoms with van der Waals surface area (Å²) in [6.45, 7) is 2.93. The predicted octanol–water partition coefficient (Wildman–Crippen LogP) is 0.173. The molecular formula is C17H38B3N2O4PS. The van der Waals surface area contributed by atoms with Crippen molar-refractivity contribution in [2.75, 3.05) is 0 Å². The highest BCUT2D eigenvalue weighted by molar-refractivity contribution is 8.08. The number of hydrogen-bond acceptors (Lipinski definition) is 5. The van der Waals surface area contributed by atoms with E-state index in [4.69, 9.17) is 31.5 Å². The molecule has 2 aliphatic heterocycles. The van der Waals surface area contributed by atoms with Crippen LogP contribution in [-0.4, -0.2) is 69.8 Å². The maximum atomic E-state index is 11.1. The smallest absolute Gasteiger partial charge is 0.259 e. The van der Waals surface area contributed by atoms with Crippen molar-refractivity contribution in [3.63, 3.8) is 0 Å². The quantitative estimate of drug-likeness (QED) is 0.319. The summed E-state index contributed by atoms with van der Waals surface area (Å²) < 4.78 is 18.5. The first-order valence-corrected chi connectivity index (χ1v) is 13.7. The summed E-state index contributed by atoms with van der Waals surface area (Å²) in [6.07, 6.45) is 6.42. The Bertz CT molecular complexity index is 553. The molecule has 6 nitrogen and oxygen atoms in total. The molecule has 0 bridgehead atoms. The second kappa shape index (κ2) is 10.8. The van der Waals surface area contributed by atoms with E-state index in [1.54, 1.807) is 0 Å². The molecular weight excluding hydrogens is 392 g/mol. The molecule has 0 aromatic carbocycles. The Balaban J connectivity index is 2.06. The lowest BCUT2D eigenvalue weighted by molar-refractivity contribution is -0.0700. The molecule has 28 heavy (non-hydrogen) atoms. The molecule has 0 spiro atoms. The van der Waals surface area contributed by atoms with E-state index >= 15 is 0 Å². The highest BCUT2D eigenvalue weighted by Crippen LogP contribution is 2.48. The summed E-state index contributed by atoms with van der Waals surface area (Å²) >= 11 is 5.55. The van der Waals surface area contributed by atoms with Crippen LogP contribution in [0.1, 0.15) is 59.3 Å². The third-order valence-corrected chi connectivity index (χ3v) is 7.99. The summed E-state index contributed by atoms with van der Waals surface area (Å²) in [4.78, 5) is 11.1. The lowest BCUT2D eigenvalue weighted by Crippen LogP contribution is -2.50. The molecule has 2 rings (SSSR count). The summed E-state index contributed by atoms with van der Waals surface area (Å²) in [7, 11) is 5.22. The molecule has 0 saturated carbocycles. The van der Waals surface area contributed by atoms with Crippen LogP contribution in [0.2, 0.25) is 6.22 Å². The van der Waals surface area contributed by atoms with E-state index in [-0.39, 0.29) is 36.3 Å². The largest absolute Gasteiger partial charge is 0.382 e. The van der Waals surface area contributed by atoms with E-state index in [1.165, 1.54) is 0 Å². The van der Waals surface area contributed by atoms with Crippen LogP contribution in [-0.2, 0) is 25.8 Å². The van der Waals surface area contributed by atoms with Crippen molar-refractivity contribution in [2.24, 2.45) is 5.73 Å². The molecule has 11 heteroatoms. The first kappa shape index (κ1) is 24.9. The maximum absolute atomic E-state index is 11.1. The van der Waals surface area contributed by atoms with Gasteiger partial charge in [0.1, 0.15) is 26.8 Å². The number of ether oxygens (including phenoxy) is 2. The molecule has 0 radical (unpaired) electrons. The van der Waals surface area contributed by atoms with Gasteiger partial charge in [-0.2, -0.15) is 0 Å². The van der Waals surface area contributed by atoms with Crippen molar-refractivity contribution in [1.82, 2.24) is 5.09 Å². The minimum Gasteiger partial charge on any atom is -0.382 e. The molecule has 2 heterocycles. The fourth-order valence-corrected chi connectivity index (χ4v) is 6.96. The van der Waals surface area contributed by atoms with Crippen molar-refractivity contribution >= 4 is 41.4 Å². The SMILES string of the molecule is BCB[C@H]1C[C@@H](NP(O)(=S)OC(C)(CC)C2O[C@@H](B)C[C@H]2N)C(CCCC)O1. The number of rotatable bonds is 11. The lowest BCUT2D eigenvalue weighted by atomic mass is 9.60. The van der Waals surface area contributed by atoms with Gasteiger partial charge in [-0.15, -0.1) is 6.22 Å². The first-order valence-electron chi connectivity index (χ1n) is 11.0. The standard InChI is InChI=1S/C17H38B3N2O4PS/c1-4-6-7-13-12(9-15(24-13)20-10-18)22-27(23,28)26-17(3,5-2)16-11(21)8-14(19)25-16/h11-16,20H,4-10,18-19,21H2,1-3H3,(H2,22,23,28)/t11-,12-,13?,14-,15-,16?,17?,27?/m1/s1. The second-order valence-electron chi connectivity index (χ2n) is 8.74. The topological polar surface area (TPSA) is 86.0 Å². The van der Waals surface area contributed by atoms with Crippen LogP contribution in [0.4, 0.5) is 0 Å². The van der Waals surface area contributed by atoms with E-state index < -0.39 is 12.2 Å². The minimum absolute atomic E-state index is 0.0251. The lowest BCUT2D eigenvalue weighted by Gasteiger charge is -2.39. The van der Waals surface area contributed by atoms with Gasteiger partial charge in [0.05, 0.1) is 14.0 Å². The van der Waals surface area contributed by atoms with Gasteiger partial charge in [0.2, 0.25) is 0 Å². The molecule has 4 N–H and O–H groups in total. The predicted molar refractivity (Wildman–Crippen MR) is 126 cm³/mol. The van der Waals surface area contributed by atoms with Crippen LogP contribution in [0.3, 0.4) is 0 Å². The highest BCUT2D eigenvalue weighted by Gasteiger charge is 2.47. The van der Waals surface area contributed by atoms with Gasteiger partial charge in [0.15, 0.2) is 0 Å². The minimum atomic E-state index is -3.23. The first-order chi connectivity index (χ1) is 13.1. The molecule has 8 atom stereocenters. The van der Waals surface area contributed by atoms with Crippen molar-refractivity contribution in [1.29, 1.82) is 0 Å². The van der Waals surface area contributed by atoms with Crippen molar-refractivity contribution in [3.05, 3.63) is 0 Å². The van der Waals surface area contributed by atoms with Crippen LogP contribution in [0, 0.1) is 0 Å². The maximum Gasteiger partial charge on any atom is 0.259 e. The van der Waals surface area contributed by atoms with Gasteiger partial charge in [0.25, 0.3) is 6.64 Å². The van der Waals surface area contributed by atoms with Crippen LogP contribution in [0.15, 0.2) is 0 Å². The highest BCUT2D eigenvalue weighted by atomic mass is 32.5. The normalized spacial score (nSPS) is 37.5. The number of nitrogens with one attached hydrogen (secondary N) is 1. The average molecular weight is 430 g/mol. The van der Waals surface area contributed by atoms with E-state index in [0.29, 0.717) is 6.42 Å². The van der Waals surface area contributed by atoms with E-state index in [1.807, 2.05) is 21.7 Å². The van der Waals surface area contributed by atoms with Gasteiger partial charge in [-0.1, -0.05) is 26.7 Å².